The van der Waals surface area contributed by atoms with E-state index in [0.29, 0.717) is 5.92 Å². The molecular formula is C14H19N3. The Balaban J connectivity index is 2.13. The first-order valence-corrected chi connectivity index (χ1v) is 6.45. The minimum absolute atomic E-state index is 0.674. The molecule has 3 nitrogen and oxygen atoms in total. The van der Waals surface area contributed by atoms with Gasteiger partial charge in [-0.25, -0.2) is 4.98 Å². The van der Waals surface area contributed by atoms with Crippen LogP contribution in [0.4, 0.5) is 5.82 Å². The van der Waals surface area contributed by atoms with Crippen LogP contribution >= 0.6 is 0 Å². The van der Waals surface area contributed by atoms with Crippen molar-refractivity contribution in [2.24, 2.45) is 5.92 Å². The highest BCUT2D eigenvalue weighted by Gasteiger charge is 2.19. The van der Waals surface area contributed by atoms with Gasteiger partial charge in [0.1, 0.15) is 5.82 Å². The Morgan fingerprint density at radius 1 is 1.47 bits per heavy atom. The number of hydrogen-bond donors (Lipinski definition) is 1. The van der Waals surface area contributed by atoms with Crippen molar-refractivity contribution >= 4 is 16.7 Å². The van der Waals surface area contributed by atoms with Gasteiger partial charge in [-0.05, 0) is 30.4 Å². The van der Waals surface area contributed by atoms with Crippen LogP contribution in [0.15, 0.2) is 18.5 Å². The van der Waals surface area contributed by atoms with Crippen LogP contribution in [0.2, 0.25) is 0 Å². The third-order valence-electron chi connectivity index (χ3n) is 3.41. The molecule has 0 fully saturated rings. The molecule has 0 unspecified atom stereocenters. The van der Waals surface area contributed by atoms with E-state index in [1.54, 1.807) is 0 Å². The van der Waals surface area contributed by atoms with E-state index in [1.165, 1.54) is 28.7 Å². The van der Waals surface area contributed by atoms with Crippen LogP contribution in [0.25, 0.3) is 10.9 Å². The third-order valence-corrected chi connectivity index (χ3v) is 3.41. The molecule has 17 heavy (non-hydrogen) atoms. The van der Waals surface area contributed by atoms with Crippen LogP contribution in [0.5, 0.6) is 0 Å². The van der Waals surface area contributed by atoms with Gasteiger partial charge in [-0.2, -0.15) is 0 Å². The minimum Gasteiger partial charge on any atom is -0.361 e. The van der Waals surface area contributed by atoms with Gasteiger partial charge in [-0.1, -0.05) is 13.8 Å². The molecule has 0 saturated heterocycles. The number of rotatable bonds is 2. The normalized spacial score (nSPS) is 15.6. The molecule has 0 aromatic carbocycles. The second-order valence-corrected chi connectivity index (χ2v) is 5.31. The number of nitrogens with one attached hydrogen (secondary N) is 1. The van der Waals surface area contributed by atoms with Crippen LogP contribution in [0.3, 0.4) is 0 Å². The maximum Gasteiger partial charge on any atom is 0.138 e. The molecule has 2 aromatic heterocycles. The van der Waals surface area contributed by atoms with E-state index < -0.39 is 0 Å². The lowest BCUT2D eigenvalue weighted by molar-refractivity contribution is 0.599. The van der Waals surface area contributed by atoms with E-state index in [4.69, 9.17) is 0 Å². The van der Waals surface area contributed by atoms with Gasteiger partial charge < -0.3 is 9.88 Å². The SMILES string of the molecule is CC(C)CN1CCCc2c[nH]c3ccnc1c23. The van der Waals surface area contributed by atoms with E-state index in [0.717, 1.165) is 19.5 Å². The van der Waals surface area contributed by atoms with Crippen molar-refractivity contribution < 1.29 is 0 Å². The number of hydrogen-bond acceptors (Lipinski definition) is 2. The van der Waals surface area contributed by atoms with Crippen molar-refractivity contribution in [3.05, 3.63) is 24.0 Å². The molecule has 0 amide bonds. The van der Waals surface area contributed by atoms with E-state index in [9.17, 15) is 0 Å². The second-order valence-electron chi connectivity index (χ2n) is 5.31. The van der Waals surface area contributed by atoms with Crippen molar-refractivity contribution in [1.82, 2.24) is 9.97 Å². The van der Waals surface area contributed by atoms with E-state index >= 15 is 0 Å². The quantitative estimate of drug-likeness (QED) is 0.858. The molecule has 3 heteroatoms. The Morgan fingerprint density at radius 3 is 3.18 bits per heavy atom. The molecular weight excluding hydrogens is 210 g/mol. The molecule has 0 radical (unpaired) electrons. The molecule has 1 N–H and O–H groups in total. The number of pyridine rings is 1. The van der Waals surface area contributed by atoms with Crippen LogP contribution < -0.4 is 4.90 Å². The smallest absolute Gasteiger partial charge is 0.138 e. The average Bonchev–Trinajstić information content (AvgIpc) is 2.62. The zero-order valence-electron chi connectivity index (χ0n) is 10.5. The van der Waals surface area contributed by atoms with Gasteiger partial charge in [0.2, 0.25) is 0 Å². The second kappa shape index (κ2) is 4.06. The maximum atomic E-state index is 4.61. The van der Waals surface area contributed by atoms with Gasteiger partial charge in [0, 0.05) is 30.9 Å². The van der Waals surface area contributed by atoms with Crippen molar-refractivity contribution in [2.75, 3.05) is 18.0 Å². The molecule has 0 saturated carbocycles. The molecule has 3 rings (SSSR count). The summed E-state index contributed by atoms with van der Waals surface area (Å²) in [6.07, 6.45) is 6.44. The summed E-state index contributed by atoms with van der Waals surface area (Å²) in [7, 11) is 0. The summed E-state index contributed by atoms with van der Waals surface area (Å²) in [5, 5.41) is 1.34. The number of aromatic amines is 1. The molecule has 1 aliphatic rings. The fraction of sp³-hybridized carbons (Fsp3) is 0.500. The van der Waals surface area contributed by atoms with Crippen molar-refractivity contribution in [3.8, 4) is 0 Å². The van der Waals surface area contributed by atoms with Gasteiger partial charge in [-0.3, -0.25) is 0 Å². The molecule has 1 aliphatic heterocycles. The Bertz CT molecular complexity index is 527. The molecule has 0 aliphatic carbocycles. The number of aromatic nitrogens is 2. The molecule has 0 spiro atoms. The molecule has 0 atom stereocenters. The Hall–Kier alpha value is -1.51. The van der Waals surface area contributed by atoms with Gasteiger partial charge in [0.15, 0.2) is 0 Å². The number of H-pyrrole nitrogens is 1. The van der Waals surface area contributed by atoms with E-state index in [2.05, 4.69) is 41.0 Å². The fourth-order valence-corrected chi connectivity index (χ4v) is 2.75. The van der Waals surface area contributed by atoms with Crippen molar-refractivity contribution in [1.29, 1.82) is 0 Å². The van der Waals surface area contributed by atoms with Gasteiger partial charge in [0.05, 0.1) is 5.52 Å². The lowest BCUT2D eigenvalue weighted by Gasteiger charge is -2.24. The average molecular weight is 229 g/mol. The summed E-state index contributed by atoms with van der Waals surface area (Å²) in [6, 6.07) is 2.07. The van der Waals surface area contributed by atoms with Crippen LogP contribution in [0, 0.1) is 5.92 Å². The number of anilines is 1. The first-order chi connectivity index (χ1) is 8.25. The van der Waals surface area contributed by atoms with Crippen LogP contribution in [-0.4, -0.2) is 23.1 Å². The first kappa shape index (κ1) is 10.6. The fourth-order valence-electron chi connectivity index (χ4n) is 2.75. The Kier molecular flexibility index (Phi) is 2.54. The molecule has 0 bridgehead atoms. The van der Waals surface area contributed by atoms with E-state index in [-0.39, 0.29) is 0 Å². The molecule has 90 valence electrons. The van der Waals surface area contributed by atoms with Gasteiger partial charge in [0.25, 0.3) is 0 Å². The Morgan fingerprint density at radius 2 is 2.35 bits per heavy atom. The molecule has 2 aromatic rings. The first-order valence-electron chi connectivity index (χ1n) is 6.45. The minimum atomic E-state index is 0.674. The predicted molar refractivity (Wildman–Crippen MR) is 71.5 cm³/mol. The number of nitrogens with zero attached hydrogens (tertiary/aromatic N) is 2. The lowest BCUT2D eigenvalue weighted by atomic mass is 10.1. The highest BCUT2D eigenvalue weighted by Crippen LogP contribution is 2.31. The van der Waals surface area contributed by atoms with Crippen LogP contribution in [-0.2, 0) is 6.42 Å². The third kappa shape index (κ3) is 1.79. The summed E-state index contributed by atoms with van der Waals surface area (Å²) in [5.41, 5.74) is 2.65. The monoisotopic (exact) mass is 229 g/mol. The zero-order chi connectivity index (χ0) is 11.8. The van der Waals surface area contributed by atoms with Crippen molar-refractivity contribution in [2.45, 2.75) is 26.7 Å². The summed E-state index contributed by atoms with van der Waals surface area (Å²) < 4.78 is 0. The summed E-state index contributed by atoms with van der Waals surface area (Å²) in [6.45, 7) is 6.75. The highest BCUT2D eigenvalue weighted by molar-refractivity contribution is 5.93. The summed E-state index contributed by atoms with van der Waals surface area (Å²) in [5.74, 6) is 1.84. The summed E-state index contributed by atoms with van der Waals surface area (Å²) >= 11 is 0. The number of aryl methyl sites for hydroxylation is 1. The van der Waals surface area contributed by atoms with Crippen LogP contribution in [0.1, 0.15) is 25.8 Å². The largest absolute Gasteiger partial charge is 0.361 e. The topological polar surface area (TPSA) is 31.9 Å². The Labute approximate surface area is 102 Å². The predicted octanol–water partition coefficient (Wildman–Crippen LogP) is 2.97. The lowest BCUT2D eigenvalue weighted by Crippen LogP contribution is -2.29. The van der Waals surface area contributed by atoms with Gasteiger partial charge in [-0.15, -0.1) is 0 Å². The zero-order valence-corrected chi connectivity index (χ0v) is 10.5. The standard InChI is InChI=1S/C14H19N3/c1-10(2)9-17-7-3-4-11-8-16-12-5-6-15-14(17)13(11)12/h5-6,8,10,16H,3-4,7,9H2,1-2H3. The van der Waals surface area contributed by atoms with Crippen molar-refractivity contribution in [3.63, 3.8) is 0 Å². The van der Waals surface area contributed by atoms with E-state index in [1.807, 2.05) is 6.20 Å². The van der Waals surface area contributed by atoms with Gasteiger partial charge >= 0.3 is 0 Å². The molecule has 3 heterocycles. The summed E-state index contributed by atoms with van der Waals surface area (Å²) in [4.78, 5) is 10.4. The highest BCUT2D eigenvalue weighted by atomic mass is 15.2. The maximum absolute atomic E-state index is 4.61.